The molecule has 1 N–H and O–H groups in total. The van der Waals surface area contributed by atoms with Crippen molar-refractivity contribution in [3.05, 3.63) is 35.9 Å². The van der Waals surface area contributed by atoms with Gasteiger partial charge in [-0.15, -0.1) is 10.2 Å². The number of benzene rings is 1. The van der Waals surface area contributed by atoms with Crippen molar-refractivity contribution < 1.29 is 13.2 Å². The minimum Gasteiger partial charge on any atom is -0.301 e. The van der Waals surface area contributed by atoms with E-state index < -0.39 is 10.0 Å². The van der Waals surface area contributed by atoms with Crippen LogP contribution in [0.15, 0.2) is 34.7 Å². The van der Waals surface area contributed by atoms with Crippen LogP contribution in [0.3, 0.4) is 0 Å². The first-order chi connectivity index (χ1) is 12.0. The van der Waals surface area contributed by atoms with E-state index in [1.165, 1.54) is 4.31 Å². The zero-order valence-corrected chi connectivity index (χ0v) is 15.4. The van der Waals surface area contributed by atoms with E-state index in [0.29, 0.717) is 31.7 Å². The predicted octanol–water partition coefficient (Wildman–Crippen LogP) is 1.12. The van der Waals surface area contributed by atoms with E-state index in [1.807, 2.05) is 6.07 Å². The van der Waals surface area contributed by atoms with E-state index in [0.717, 1.165) is 17.9 Å². The summed E-state index contributed by atoms with van der Waals surface area (Å²) in [5, 5.41) is 10.3. The molecule has 0 atom stereocenters. The molecule has 1 aromatic heterocycles. The second kappa shape index (κ2) is 7.56. The van der Waals surface area contributed by atoms with Gasteiger partial charge in [-0.05, 0) is 18.7 Å². The van der Waals surface area contributed by atoms with Gasteiger partial charge in [0.15, 0.2) is 0 Å². The third-order valence-electron chi connectivity index (χ3n) is 4.00. The van der Waals surface area contributed by atoms with E-state index in [-0.39, 0.29) is 15.4 Å². The van der Waals surface area contributed by atoms with Crippen molar-refractivity contribution in [1.29, 1.82) is 0 Å². The maximum absolute atomic E-state index is 12.7. The number of sulfonamides is 1. The van der Waals surface area contributed by atoms with Crippen molar-refractivity contribution in [3.63, 3.8) is 0 Å². The molecule has 2 heterocycles. The van der Waals surface area contributed by atoms with Gasteiger partial charge in [0, 0.05) is 31.7 Å². The summed E-state index contributed by atoms with van der Waals surface area (Å²) in [6.45, 7) is 5.22. The Balaban J connectivity index is 1.69. The molecular weight excluding hydrogens is 362 g/mol. The Kier molecular flexibility index (Phi) is 5.42. The summed E-state index contributed by atoms with van der Waals surface area (Å²) in [5.41, 5.74) is 0.470. The van der Waals surface area contributed by atoms with Gasteiger partial charge in [0.05, 0.1) is 0 Å². The molecule has 0 unspecified atom stereocenters. The molecule has 1 aliphatic heterocycles. The van der Waals surface area contributed by atoms with Crippen molar-refractivity contribution >= 4 is 32.4 Å². The van der Waals surface area contributed by atoms with Crippen LogP contribution in [0.4, 0.5) is 5.13 Å². The Morgan fingerprint density at radius 2 is 1.84 bits per heavy atom. The average Bonchev–Trinajstić information content (AvgIpc) is 3.12. The van der Waals surface area contributed by atoms with Crippen molar-refractivity contribution in [1.82, 2.24) is 19.4 Å². The van der Waals surface area contributed by atoms with E-state index >= 15 is 0 Å². The SMILES string of the molecule is CCN1CCN(S(=O)(=O)c2nnc(NC(=O)c3ccccc3)s2)CC1. The number of hydrogen-bond donors (Lipinski definition) is 1. The van der Waals surface area contributed by atoms with Crippen LogP contribution in [0.5, 0.6) is 0 Å². The minimum atomic E-state index is -3.67. The molecule has 8 nitrogen and oxygen atoms in total. The number of carbonyl (C=O) groups excluding carboxylic acids is 1. The Bertz CT molecular complexity index is 830. The van der Waals surface area contributed by atoms with Crippen LogP contribution < -0.4 is 5.32 Å². The zero-order valence-electron chi connectivity index (χ0n) is 13.8. The smallest absolute Gasteiger partial charge is 0.272 e. The minimum absolute atomic E-state index is 0.0965. The van der Waals surface area contributed by atoms with Crippen LogP contribution in [0, 0.1) is 0 Å². The fourth-order valence-electron chi connectivity index (χ4n) is 2.52. The predicted molar refractivity (Wildman–Crippen MR) is 95.2 cm³/mol. The van der Waals surface area contributed by atoms with Crippen LogP contribution in [0.25, 0.3) is 0 Å². The molecule has 3 rings (SSSR count). The van der Waals surface area contributed by atoms with Crippen molar-refractivity contribution in [2.24, 2.45) is 0 Å². The number of anilines is 1. The fraction of sp³-hybridized carbons (Fsp3) is 0.400. The third kappa shape index (κ3) is 4.03. The normalized spacial score (nSPS) is 16.7. The zero-order chi connectivity index (χ0) is 17.9. The van der Waals surface area contributed by atoms with Crippen LogP contribution >= 0.6 is 11.3 Å². The van der Waals surface area contributed by atoms with E-state index in [4.69, 9.17) is 0 Å². The lowest BCUT2D eigenvalue weighted by Gasteiger charge is -2.32. The molecule has 0 bridgehead atoms. The summed E-state index contributed by atoms with van der Waals surface area (Å²) in [4.78, 5) is 14.3. The molecule has 1 amide bonds. The van der Waals surface area contributed by atoms with Crippen LogP contribution in [-0.2, 0) is 10.0 Å². The molecule has 134 valence electrons. The number of carbonyl (C=O) groups is 1. The standard InChI is InChI=1S/C15H19N5O3S2/c1-2-19-8-10-20(11-9-19)25(22,23)15-18-17-14(24-15)16-13(21)12-6-4-3-5-7-12/h3-7H,2,8-11H2,1H3,(H,16,17,21). The van der Waals surface area contributed by atoms with Gasteiger partial charge in [0.2, 0.25) is 9.47 Å². The highest BCUT2D eigenvalue weighted by Gasteiger charge is 2.31. The van der Waals surface area contributed by atoms with Gasteiger partial charge in [-0.25, -0.2) is 8.42 Å². The largest absolute Gasteiger partial charge is 0.301 e. The molecule has 1 aliphatic rings. The summed E-state index contributed by atoms with van der Waals surface area (Å²) < 4.78 is 26.6. The van der Waals surface area contributed by atoms with Crippen molar-refractivity contribution in [2.75, 3.05) is 38.0 Å². The second-order valence-electron chi connectivity index (χ2n) is 5.53. The lowest BCUT2D eigenvalue weighted by atomic mass is 10.2. The Labute approximate surface area is 150 Å². The number of rotatable bonds is 5. The molecule has 2 aromatic rings. The first kappa shape index (κ1) is 17.9. The Morgan fingerprint density at radius 1 is 1.16 bits per heavy atom. The number of nitrogens with one attached hydrogen (secondary N) is 1. The van der Waals surface area contributed by atoms with Gasteiger partial charge in [0.25, 0.3) is 15.9 Å². The van der Waals surface area contributed by atoms with Gasteiger partial charge < -0.3 is 4.90 Å². The highest BCUT2D eigenvalue weighted by atomic mass is 32.2. The summed E-state index contributed by atoms with van der Waals surface area (Å²) in [7, 11) is -3.67. The monoisotopic (exact) mass is 381 g/mol. The first-order valence-electron chi connectivity index (χ1n) is 7.93. The topological polar surface area (TPSA) is 95.5 Å². The molecule has 1 fully saturated rings. The lowest BCUT2D eigenvalue weighted by Crippen LogP contribution is -2.48. The van der Waals surface area contributed by atoms with Crippen LogP contribution in [0.2, 0.25) is 0 Å². The van der Waals surface area contributed by atoms with Crippen LogP contribution in [0.1, 0.15) is 17.3 Å². The first-order valence-corrected chi connectivity index (χ1v) is 10.2. The Hall–Kier alpha value is -1.88. The summed E-state index contributed by atoms with van der Waals surface area (Å²) in [6, 6.07) is 8.65. The molecule has 1 saturated heterocycles. The third-order valence-corrected chi connectivity index (χ3v) is 7.09. The molecule has 0 saturated carbocycles. The fourth-order valence-corrected chi connectivity index (χ4v) is 4.98. The van der Waals surface area contributed by atoms with Crippen molar-refractivity contribution in [3.8, 4) is 0 Å². The summed E-state index contributed by atoms with van der Waals surface area (Å²) in [5.74, 6) is -0.350. The maximum Gasteiger partial charge on any atom is 0.272 e. The molecule has 25 heavy (non-hydrogen) atoms. The summed E-state index contributed by atoms with van der Waals surface area (Å²) >= 11 is 0.866. The van der Waals surface area contributed by atoms with E-state index in [9.17, 15) is 13.2 Å². The van der Waals surface area contributed by atoms with Gasteiger partial charge in [-0.1, -0.05) is 36.5 Å². The lowest BCUT2D eigenvalue weighted by molar-refractivity contribution is 0.102. The summed E-state index contributed by atoms with van der Waals surface area (Å²) in [6.07, 6.45) is 0. The number of piperazine rings is 1. The molecule has 0 spiro atoms. The van der Waals surface area contributed by atoms with Crippen molar-refractivity contribution in [2.45, 2.75) is 11.3 Å². The molecular formula is C15H19N5O3S2. The number of amides is 1. The Morgan fingerprint density at radius 3 is 2.48 bits per heavy atom. The van der Waals surface area contributed by atoms with Crippen LogP contribution in [-0.4, -0.2) is 66.5 Å². The van der Waals surface area contributed by atoms with Gasteiger partial charge in [-0.2, -0.15) is 4.31 Å². The molecule has 0 radical (unpaired) electrons. The van der Waals surface area contributed by atoms with E-state index in [1.54, 1.807) is 24.3 Å². The molecule has 0 aliphatic carbocycles. The molecule has 1 aromatic carbocycles. The van der Waals surface area contributed by atoms with Gasteiger partial charge in [0.1, 0.15) is 0 Å². The number of likely N-dealkylation sites (N-methyl/N-ethyl adjacent to an activating group) is 1. The van der Waals surface area contributed by atoms with Gasteiger partial charge in [-0.3, -0.25) is 10.1 Å². The van der Waals surface area contributed by atoms with Gasteiger partial charge >= 0.3 is 0 Å². The number of aromatic nitrogens is 2. The average molecular weight is 381 g/mol. The quantitative estimate of drug-likeness (QED) is 0.780. The van der Waals surface area contributed by atoms with E-state index in [2.05, 4.69) is 27.3 Å². The highest BCUT2D eigenvalue weighted by Crippen LogP contribution is 2.24. The highest BCUT2D eigenvalue weighted by molar-refractivity contribution is 7.91. The number of nitrogens with zero attached hydrogens (tertiary/aromatic N) is 4. The number of hydrogen-bond acceptors (Lipinski definition) is 7. The second-order valence-corrected chi connectivity index (χ2v) is 8.62. The maximum atomic E-state index is 12.7. The molecule has 10 heteroatoms.